The number of primary sulfonamides is 1. The van der Waals surface area contributed by atoms with Crippen LogP contribution in [0.3, 0.4) is 0 Å². The molecule has 0 radical (unpaired) electrons. The van der Waals surface area contributed by atoms with Gasteiger partial charge in [0.05, 0.1) is 10.9 Å². The molecule has 6 nitrogen and oxygen atoms in total. The number of hydrogen-bond donors (Lipinski definition) is 4. The smallest absolute Gasteiger partial charge is 0.238 e. The van der Waals surface area contributed by atoms with Crippen LogP contribution < -0.4 is 16.2 Å². The third-order valence-corrected chi connectivity index (χ3v) is 6.55. The van der Waals surface area contributed by atoms with E-state index in [0.29, 0.717) is 17.5 Å². The number of nitrogen functional groups attached to an aromatic ring is 1. The molecule has 36 heavy (non-hydrogen) atoms. The van der Waals surface area contributed by atoms with Crippen molar-refractivity contribution in [1.29, 1.82) is 5.41 Å². The summed E-state index contributed by atoms with van der Waals surface area (Å²) in [6.07, 6.45) is 0.679. The summed E-state index contributed by atoms with van der Waals surface area (Å²) in [4.78, 5) is 0.0868. The molecule has 0 aliphatic carbocycles. The first-order chi connectivity index (χ1) is 17.3. The Morgan fingerprint density at radius 1 is 0.889 bits per heavy atom. The molecule has 7 heteroatoms. The minimum atomic E-state index is -3.84. The van der Waals surface area contributed by atoms with E-state index >= 15 is 0 Å². The normalized spacial score (nSPS) is 11.7. The Morgan fingerprint density at radius 3 is 2.28 bits per heavy atom. The van der Waals surface area contributed by atoms with Gasteiger partial charge in [0.25, 0.3) is 0 Å². The first kappa shape index (κ1) is 24.7. The minimum absolute atomic E-state index is 0.00782. The zero-order chi connectivity index (χ0) is 25.5. The van der Waals surface area contributed by atoms with E-state index in [0.717, 1.165) is 22.4 Å². The number of anilines is 1. The van der Waals surface area contributed by atoms with Gasteiger partial charge in [0.2, 0.25) is 10.0 Å². The monoisotopic (exact) mass is 494 g/mol. The Kier molecular flexibility index (Phi) is 7.50. The highest BCUT2D eigenvalue weighted by atomic mass is 32.2. The maximum Gasteiger partial charge on any atom is 0.238 e. The molecule has 4 aromatic carbocycles. The van der Waals surface area contributed by atoms with Gasteiger partial charge in [-0.2, -0.15) is 0 Å². The van der Waals surface area contributed by atoms with Crippen LogP contribution in [0.2, 0.25) is 0 Å². The standard InChI is InChI=1S/C29H26N4O2S/c30-29(31)24-9-6-10-25(20-24)33-26(19-22-7-2-1-3-8-22)18-15-21-13-16-23(17-14-21)27-11-4-5-12-28(27)36(32,34)35/h1-14,16-17,20,26,33H,19H2,(H3,30,31)(H2,32,34,35). The lowest BCUT2D eigenvalue weighted by molar-refractivity contribution is 0.598. The Balaban J connectivity index is 1.60. The first-order valence-corrected chi connectivity index (χ1v) is 12.8. The molecule has 0 amide bonds. The summed E-state index contributed by atoms with van der Waals surface area (Å²) in [5.41, 5.74) is 10.3. The number of benzene rings is 4. The number of nitrogens with one attached hydrogen (secondary N) is 2. The summed E-state index contributed by atoms with van der Waals surface area (Å²) >= 11 is 0. The van der Waals surface area contributed by atoms with Crippen molar-refractivity contribution in [3.05, 3.63) is 120 Å². The topological polar surface area (TPSA) is 122 Å². The fourth-order valence-electron chi connectivity index (χ4n) is 3.82. The Bertz CT molecular complexity index is 1540. The van der Waals surface area contributed by atoms with Crippen molar-refractivity contribution in [3.63, 3.8) is 0 Å². The summed E-state index contributed by atoms with van der Waals surface area (Å²) in [7, 11) is -3.84. The number of nitrogens with two attached hydrogens (primary N) is 2. The molecule has 0 fully saturated rings. The molecule has 0 aromatic heterocycles. The highest BCUT2D eigenvalue weighted by molar-refractivity contribution is 7.89. The average molecular weight is 495 g/mol. The second-order valence-electron chi connectivity index (χ2n) is 8.27. The van der Waals surface area contributed by atoms with E-state index in [4.69, 9.17) is 16.3 Å². The van der Waals surface area contributed by atoms with E-state index < -0.39 is 10.0 Å². The summed E-state index contributed by atoms with van der Waals surface area (Å²) < 4.78 is 23.9. The zero-order valence-electron chi connectivity index (χ0n) is 19.5. The van der Waals surface area contributed by atoms with E-state index in [9.17, 15) is 8.42 Å². The third-order valence-electron chi connectivity index (χ3n) is 5.58. The molecule has 0 aliphatic rings. The molecular formula is C29H26N4O2S. The fraction of sp³-hybridized carbons (Fsp3) is 0.0690. The Morgan fingerprint density at radius 2 is 1.58 bits per heavy atom. The van der Waals surface area contributed by atoms with Crippen molar-refractivity contribution in [3.8, 4) is 23.0 Å². The van der Waals surface area contributed by atoms with Gasteiger partial charge in [-0.25, -0.2) is 13.6 Å². The van der Waals surface area contributed by atoms with E-state index in [1.165, 1.54) is 6.07 Å². The van der Waals surface area contributed by atoms with E-state index in [1.807, 2.05) is 60.7 Å². The number of rotatable bonds is 7. The quantitative estimate of drug-likeness (QED) is 0.173. The molecule has 1 unspecified atom stereocenters. The lowest BCUT2D eigenvalue weighted by atomic mass is 10.0. The van der Waals surface area contributed by atoms with Gasteiger partial charge < -0.3 is 11.1 Å². The lowest BCUT2D eigenvalue weighted by Crippen LogP contribution is -2.21. The fourth-order valence-corrected chi connectivity index (χ4v) is 4.58. The van der Waals surface area contributed by atoms with Crippen molar-refractivity contribution < 1.29 is 8.42 Å². The van der Waals surface area contributed by atoms with Crippen molar-refractivity contribution in [1.82, 2.24) is 0 Å². The molecule has 0 saturated carbocycles. The van der Waals surface area contributed by atoms with E-state index in [2.05, 4.69) is 29.3 Å². The predicted molar refractivity (Wildman–Crippen MR) is 145 cm³/mol. The highest BCUT2D eigenvalue weighted by Gasteiger charge is 2.14. The minimum Gasteiger partial charge on any atom is -0.384 e. The van der Waals surface area contributed by atoms with Gasteiger partial charge in [-0.05, 0) is 41.5 Å². The van der Waals surface area contributed by atoms with Crippen LogP contribution in [0.25, 0.3) is 11.1 Å². The molecule has 0 heterocycles. The van der Waals surface area contributed by atoms with Crippen LogP contribution in [-0.4, -0.2) is 20.3 Å². The van der Waals surface area contributed by atoms with Gasteiger partial charge in [0.15, 0.2) is 0 Å². The first-order valence-electron chi connectivity index (χ1n) is 11.3. The maximum absolute atomic E-state index is 12.0. The van der Waals surface area contributed by atoms with Crippen molar-refractivity contribution in [2.75, 3.05) is 5.32 Å². The molecule has 0 spiro atoms. The van der Waals surface area contributed by atoms with Gasteiger partial charge in [0.1, 0.15) is 5.84 Å². The number of hydrogen-bond acceptors (Lipinski definition) is 4. The summed E-state index contributed by atoms with van der Waals surface area (Å²) in [5, 5.41) is 16.5. The third kappa shape index (κ3) is 6.39. The maximum atomic E-state index is 12.0. The summed E-state index contributed by atoms with van der Waals surface area (Å²) in [5.74, 6) is 6.55. The van der Waals surface area contributed by atoms with Crippen LogP contribution in [0, 0.1) is 17.3 Å². The Labute approximate surface area is 211 Å². The van der Waals surface area contributed by atoms with E-state index in [-0.39, 0.29) is 16.8 Å². The van der Waals surface area contributed by atoms with Crippen molar-refractivity contribution in [2.24, 2.45) is 10.9 Å². The molecule has 0 saturated heterocycles. The van der Waals surface area contributed by atoms with Crippen molar-refractivity contribution in [2.45, 2.75) is 17.4 Å². The van der Waals surface area contributed by atoms with Crippen LogP contribution in [-0.2, 0) is 16.4 Å². The molecule has 0 bridgehead atoms. The van der Waals surface area contributed by atoms with Crippen LogP contribution >= 0.6 is 0 Å². The van der Waals surface area contributed by atoms with Crippen LogP contribution in [0.4, 0.5) is 5.69 Å². The highest BCUT2D eigenvalue weighted by Crippen LogP contribution is 2.26. The van der Waals surface area contributed by atoms with E-state index in [1.54, 1.807) is 24.3 Å². The van der Waals surface area contributed by atoms with Crippen LogP contribution in [0.1, 0.15) is 16.7 Å². The molecular weight excluding hydrogens is 468 g/mol. The predicted octanol–water partition coefficient (Wildman–Crippen LogP) is 4.36. The second-order valence-corrected chi connectivity index (χ2v) is 9.80. The Hall–Kier alpha value is -4.38. The van der Waals surface area contributed by atoms with Gasteiger partial charge in [-0.1, -0.05) is 84.6 Å². The molecule has 4 aromatic rings. The van der Waals surface area contributed by atoms with Gasteiger partial charge in [0, 0.05) is 28.8 Å². The number of amidine groups is 1. The molecule has 180 valence electrons. The summed E-state index contributed by atoms with van der Waals surface area (Å²) in [6.45, 7) is 0. The average Bonchev–Trinajstić information content (AvgIpc) is 2.88. The second kappa shape index (κ2) is 10.9. The largest absolute Gasteiger partial charge is 0.384 e. The lowest BCUT2D eigenvalue weighted by Gasteiger charge is -2.15. The zero-order valence-corrected chi connectivity index (χ0v) is 20.3. The molecule has 0 aliphatic heterocycles. The number of sulfonamides is 1. The van der Waals surface area contributed by atoms with Gasteiger partial charge in [-0.3, -0.25) is 5.41 Å². The molecule has 6 N–H and O–H groups in total. The van der Waals surface area contributed by atoms with Crippen molar-refractivity contribution >= 4 is 21.5 Å². The van der Waals surface area contributed by atoms with Gasteiger partial charge in [-0.15, -0.1) is 0 Å². The molecule has 1 atom stereocenters. The SMILES string of the molecule is N=C(N)c1cccc(NC(C#Cc2ccc(-c3ccccc3S(N)(=O)=O)cc2)Cc2ccccc2)c1. The summed E-state index contributed by atoms with van der Waals surface area (Å²) in [6, 6.07) is 31.3. The van der Waals surface area contributed by atoms with Crippen LogP contribution in [0.15, 0.2) is 108 Å². The van der Waals surface area contributed by atoms with Crippen LogP contribution in [0.5, 0.6) is 0 Å². The van der Waals surface area contributed by atoms with Gasteiger partial charge >= 0.3 is 0 Å². The molecule has 4 rings (SSSR count).